The summed E-state index contributed by atoms with van der Waals surface area (Å²) in [4.78, 5) is 34.9. The number of anilines is 1. The van der Waals surface area contributed by atoms with Gasteiger partial charge in [0.1, 0.15) is 11.9 Å². The van der Waals surface area contributed by atoms with Gasteiger partial charge in [-0.1, -0.05) is 29.8 Å². The van der Waals surface area contributed by atoms with Crippen LogP contribution in [0.25, 0.3) is 0 Å². The molecule has 3 aromatic rings. The first-order valence-electron chi connectivity index (χ1n) is 12.1. The molecule has 1 aromatic carbocycles. The van der Waals surface area contributed by atoms with Crippen LogP contribution in [0.3, 0.4) is 0 Å². The Kier molecular flexibility index (Phi) is 7.39. The highest BCUT2D eigenvalue weighted by molar-refractivity contribution is 7.80. The van der Waals surface area contributed by atoms with E-state index in [4.69, 9.17) is 23.8 Å². The third-order valence-corrected chi connectivity index (χ3v) is 7.23. The number of hydrazine groups is 1. The molecule has 2 unspecified atom stereocenters. The van der Waals surface area contributed by atoms with Crippen LogP contribution in [0.4, 0.5) is 10.2 Å². The van der Waals surface area contributed by atoms with Crippen molar-refractivity contribution in [1.82, 2.24) is 30.9 Å². The first-order valence-corrected chi connectivity index (χ1v) is 12.9. The Morgan fingerprint density at radius 1 is 1.16 bits per heavy atom. The highest BCUT2D eigenvalue weighted by Gasteiger charge is 2.31. The van der Waals surface area contributed by atoms with Crippen molar-refractivity contribution in [3.05, 3.63) is 87.6 Å². The summed E-state index contributed by atoms with van der Waals surface area (Å²) in [5.41, 5.74) is 9.15. The van der Waals surface area contributed by atoms with Crippen LogP contribution in [-0.4, -0.2) is 51.4 Å². The van der Waals surface area contributed by atoms with E-state index in [-0.39, 0.29) is 33.2 Å². The maximum absolute atomic E-state index is 14.7. The summed E-state index contributed by atoms with van der Waals surface area (Å²) in [7, 11) is 1.70. The molecular weight excluding hydrogens is 529 g/mol. The molecule has 1 saturated heterocycles. The Labute approximate surface area is 229 Å². The van der Waals surface area contributed by atoms with Gasteiger partial charge in [0.15, 0.2) is 10.9 Å². The Morgan fingerprint density at radius 3 is 2.74 bits per heavy atom. The monoisotopic (exact) mass is 553 g/mol. The van der Waals surface area contributed by atoms with Gasteiger partial charge in [-0.15, -0.1) is 0 Å². The Morgan fingerprint density at radius 2 is 1.97 bits per heavy atom. The predicted octanol–water partition coefficient (Wildman–Crippen LogP) is 2.91. The van der Waals surface area contributed by atoms with Gasteiger partial charge in [-0.2, -0.15) is 0 Å². The van der Waals surface area contributed by atoms with Crippen molar-refractivity contribution in [1.29, 1.82) is 0 Å². The van der Waals surface area contributed by atoms with Gasteiger partial charge in [0.05, 0.1) is 16.6 Å². The third-order valence-electron chi connectivity index (χ3n) is 6.72. The highest BCUT2D eigenvalue weighted by Crippen LogP contribution is 2.33. The van der Waals surface area contributed by atoms with Gasteiger partial charge in [0, 0.05) is 37.2 Å². The third kappa shape index (κ3) is 5.25. The molecule has 12 heteroatoms. The molecule has 0 bridgehead atoms. The van der Waals surface area contributed by atoms with Crippen molar-refractivity contribution >= 4 is 46.6 Å². The number of aromatic nitrogens is 2. The van der Waals surface area contributed by atoms with Crippen LogP contribution in [0, 0.1) is 5.82 Å². The van der Waals surface area contributed by atoms with E-state index in [9.17, 15) is 14.0 Å². The van der Waals surface area contributed by atoms with Crippen LogP contribution in [-0.2, 0) is 17.6 Å². The molecule has 0 radical (unpaired) electrons. The molecule has 1 fully saturated rings. The summed E-state index contributed by atoms with van der Waals surface area (Å²) >= 11 is 11.9. The second-order valence-corrected chi connectivity index (χ2v) is 9.95. The van der Waals surface area contributed by atoms with Crippen molar-refractivity contribution in [3.63, 3.8) is 0 Å². The number of fused-ring (bicyclic) bond motifs is 2. The second-order valence-electron chi connectivity index (χ2n) is 9.13. The maximum Gasteiger partial charge on any atom is 0.253 e. The molecule has 2 amide bonds. The minimum atomic E-state index is -0.558. The Hall–Kier alpha value is -3.83. The number of carbonyl (C=O) groups is 2. The Bertz CT molecular complexity index is 1420. The number of likely N-dealkylation sites (N-methyl/N-ethyl adjacent to an activating group) is 1. The van der Waals surface area contributed by atoms with Gasteiger partial charge in [-0.05, 0) is 60.8 Å². The summed E-state index contributed by atoms with van der Waals surface area (Å²) in [6, 6.07) is 9.30. The van der Waals surface area contributed by atoms with E-state index in [1.54, 1.807) is 24.2 Å². The number of nitrogens with zero attached hydrogens (tertiary/aromatic N) is 3. The fraction of sp³-hybridized carbons (Fsp3) is 0.269. The summed E-state index contributed by atoms with van der Waals surface area (Å²) in [5.74, 6) is -0.573. The average Bonchev–Trinajstić information content (AvgIpc) is 3.13. The number of halogens is 2. The van der Waals surface area contributed by atoms with Crippen LogP contribution >= 0.6 is 23.8 Å². The van der Waals surface area contributed by atoms with Gasteiger partial charge in [0.2, 0.25) is 5.91 Å². The lowest BCUT2D eigenvalue weighted by Crippen LogP contribution is -2.41. The Balaban J connectivity index is 1.26. The number of nitrogens with one attached hydrogen (secondary N) is 4. The van der Waals surface area contributed by atoms with E-state index in [2.05, 4.69) is 31.5 Å². The largest absolute Gasteiger partial charge is 0.350 e. The zero-order chi connectivity index (χ0) is 26.8. The number of rotatable bonds is 5. The van der Waals surface area contributed by atoms with Crippen molar-refractivity contribution in [3.8, 4) is 0 Å². The maximum atomic E-state index is 14.7. The zero-order valence-corrected chi connectivity index (χ0v) is 22.0. The number of hydrogen-bond donors (Lipinski definition) is 4. The first-order chi connectivity index (χ1) is 18.3. The van der Waals surface area contributed by atoms with Crippen LogP contribution in [0.5, 0.6) is 0 Å². The molecule has 2 atom stereocenters. The highest BCUT2D eigenvalue weighted by atomic mass is 35.5. The lowest BCUT2D eigenvalue weighted by Gasteiger charge is -2.23. The number of pyridine rings is 2. The van der Waals surface area contributed by atoms with Crippen molar-refractivity contribution in [2.24, 2.45) is 0 Å². The minimum absolute atomic E-state index is 0.127. The number of likely N-dealkylation sites (tertiary alicyclic amines) is 1. The molecule has 1 aliphatic carbocycles. The first kappa shape index (κ1) is 25.8. The second kappa shape index (κ2) is 10.9. The molecule has 3 heterocycles. The topological polar surface area (TPSA) is 111 Å². The molecule has 0 spiro atoms. The summed E-state index contributed by atoms with van der Waals surface area (Å²) in [6.07, 6.45) is 4.79. The van der Waals surface area contributed by atoms with Crippen LogP contribution < -0.4 is 21.5 Å². The number of carbonyl (C=O) groups excluding carboxylic acids is 2. The van der Waals surface area contributed by atoms with Crippen molar-refractivity contribution in [2.75, 3.05) is 19.0 Å². The van der Waals surface area contributed by atoms with E-state index in [1.165, 1.54) is 18.3 Å². The molecule has 2 aliphatic rings. The molecule has 196 valence electrons. The molecule has 38 heavy (non-hydrogen) atoms. The standard InChI is InChI=1S/C26H25ClFN7O2S/c1-35-11-9-21(25(35)37)31-24(36)14-12-18(27)23(30-13-14)33-34-26(38)32-22-16-4-2-6-19(28)15(16)7-8-20-17(22)5-3-10-29-20/h2-6,10,12-13,21-22H,7-9,11H2,1H3,(H,30,33)(H,31,36)(H2,32,34,38). The normalized spacial score (nSPS) is 18.2. The SMILES string of the molecule is CN1CCC(NC(=O)c2cnc(NNC(=S)NC3c4cccnc4CCc4c(F)cccc43)c(Cl)c2)C1=O. The van der Waals surface area contributed by atoms with Gasteiger partial charge in [0.25, 0.3) is 5.91 Å². The summed E-state index contributed by atoms with van der Waals surface area (Å²) in [6.45, 7) is 0.592. The molecule has 2 aromatic heterocycles. The van der Waals surface area contributed by atoms with E-state index >= 15 is 0 Å². The number of thiocarbonyl (C=S) groups is 1. The number of amides is 2. The van der Waals surface area contributed by atoms with Crippen LogP contribution in [0.1, 0.15) is 45.2 Å². The van der Waals surface area contributed by atoms with Crippen molar-refractivity contribution < 1.29 is 14.0 Å². The predicted molar refractivity (Wildman–Crippen MR) is 145 cm³/mol. The van der Waals surface area contributed by atoms with E-state index in [0.717, 1.165) is 16.8 Å². The minimum Gasteiger partial charge on any atom is -0.350 e. The van der Waals surface area contributed by atoms with E-state index in [1.807, 2.05) is 18.2 Å². The fourth-order valence-electron chi connectivity index (χ4n) is 4.73. The number of aryl methyl sites for hydroxylation is 1. The fourth-order valence-corrected chi connectivity index (χ4v) is 5.12. The lowest BCUT2D eigenvalue weighted by molar-refractivity contribution is -0.128. The van der Waals surface area contributed by atoms with Gasteiger partial charge in [-0.25, -0.2) is 9.37 Å². The van der Waals surface area contributed by atoms with Crippen LogP contribution in [0.2, 0.25) is 5.02 Å². The van der Waals surface area contributed by atoms with Gasteiger partial charge >= 0.3 is 0 Å². The molecular formula is C26H25ClFN7O2S. The zero-order valence-electron chi connectivity index (χ0n) is 20.4. The number of hydrogen-bond acceptors (Lipinski definition) is 6. The molecule has 4 N–H and O–H groups in total. The molecule has 0 saturated carbocycles. The lowest BCUT2D eigenvalue weighted by atomic mass is 9.96. The molecule has 9 nitrogen and oxygen atoms in total. The number of benzene rings is 1. The van der Waals surface area contributed by atoms with Crippen LogP contribution in [0.15, 0.2) is 48.8 Å². The summed E-state index contributed by atoms with van der Waals surface area (Å²) < 4.78 is 14.7. The molecule has 1 aliphatic heterocycles. The molecule has 5 rings (SSSR count). The van der Waals surface area contributed by atoms with Gasteiger partial charge in [-0.3, -0.25) is 25.4 Å². The summed E-state index contributed by atoms with van der Waals surface area (Å²) in [5, 5.41) is 6.37. The smallest absolute Gasteiger partial charge is 0.253 e. The van der Waals surface area contributed by atoms with Gasteiger partial charge < -0.3 is 15.5 Å². The van der Waals surface area contributed by atoms with Crippen molar-refractivity contribution in [2.45, 2.75) is 31.3 Å². The van der Waals surface area contributed by atoms with E-state index < -0.39 is 18.0 Å². The average molecular weight is 554 g/mol. The van der Waals surface area contributed by atoms with E-state index in [0.29, 0.717) is 31.4 Å². The quantitative estimate of drug-likeness (QED) is 0.282.